The van der Waals surface area contributed by atoms with Gasteiger partial charge in [-0.2, -0.15) is 0 Å². The molecule has 0 saturated heterocycles. The first-order valence-electron chi connectivity index (χ1n) is 6.27. The number of fused-ring (bicyclic) bond motifs is 1. The second-order valence-corrected chi connectivity index (χ2v) is 4.66. The maximum absolute atomic E-state index is 5.86. The van der Waals surface area contributed by atoms with E-state index in [0.29, 0.717) is 0 Å². The number of nitrogens with zero attached hydrogens (tertiary/aromatic N) is 1. The number of nitrogens with one attached hydrogen (secondary N) is 1. The van der Waals surface area contributed by atoms with E-state index in [-0.39, 0.29) is 0 Å². The molecule has 3 N–H and O–H groups in total. The van der Waals surface area contributed by atoms with Crippen molar-refractivity contribution in [3.05, 3.63) is 48.0 Å². The molecule has 0 radical (unpaired) electrons. The molecule has 19 heavy (non-hydrogen) atoms. The summed E-state index contributed by atoms with van der Waals surface area (Å²) in [6.07, 6.45) is 0. The van der Waals surface area contributed by atoms with Crippen LogP contribution < -0.4 is 20.7 Å². The Balaban J connectivity index is 1.84. The SMILES string of the molecule is COc1cccc(CN2CNc3ccc(N)cc32)c1. The number of hydrogen-bond acceptors (Lipinski definition) is 4. The normalized spacial score (nSPS) is 13.0. The standard InChI is InChI=1S/C15H17N3O/c1-19-13-4-2-3-11(7-13)9-18-10-17-14-6-5-12(16)8-15(14)18/h2-8,17H,9-10,16H2,1H3. The molecule has 2 aromatic rings. The Morgan fingerprint density at radius 1 is 1.26 bits per heavy atom. The van der Waals surface area contributed by atoms with Gasteiger partial charge in [0.15, 0.2) is 0 Å². The van der Waals surface area contributed by atoms with Crippen LogP contribution in [0.1, 0.15) is 5.56 Å². The van der Waals surface area contributed by atoms with Crippen LogP contribution in [0.15, 0.2) is 42.5 Å². The molecule has 4 nitrogen and oxygen atoms in total. The maximum Gasteiger partial charge on any atom is 0.119 e. The molecule has 0 fully saturated rings. The van der Waals surface area contributed by atoms with Gasteiger partial charge in [0.05, 0.1) is 25.2 Å². The quantitative estimate of drug-likeness (QED) is 0.828. The van der Waals surface area contributed by atoms with Crippen LogP contribution in [0.5, 0.6) is 5.75 Å². The summed E-state index contributed by atoms with van der Waals surface area (Å²) in [6, 6.07) is 14.1. The van der Waals surface area contributed by atoms with E-state index in [2.05, 4.69) is 22.3 Å². The zero-order valence-corrected chi connectivity index (χ0v) is 10.9. The van der Waals surface area contributed by atoms with Gasteiger partial charge in [0.25, 0.3) is 0 Å². The van der Waals surface area contributed by atoms with Crippen molar-refractivity contribution in [2.24, 2.45) is 0 Å². The van der Waals surface area contributed by atoms with Gasteiger partial charge in [-0.15, -0.1) is 0 Å². The highest BCUT2D eigenvalue weighted by atomic mass is 16.5. The lowest BCUT2D eigenvalue weighted by Gasteiger charge is -2.18. The first-order chi connectivity index (χ1) is 9.26. The average molecular weight is 255 g/mol. The third-order valence-electron chi connectivity index (χ3n) is 3.33. The highest BCUT2D eigenvalue weighted by Crippen LogP contribution is 2.34. The third kappa shape index (κ3) is 2.29. The lowest BCUT2D eigenvalue weighted by Crippen LogP contribution is -2.22. The van der Waals surface area contributed by atoms with Gasteiger partial charge in [-0.3, -0.25) is 0 Å². The predicted octanol–water partition coefficient (Wildman–Crippen LogP) is 2.67. The Kier molecular flexibility index (Phi) is 2.91. The minimum atomic E-state index is 0.790. The molecule has 0 spiro atoms. The molecule has 0 saturated carbocycles. The molecule has 98 valence electrons. The second kappa shape index (κ2) is 4.72. The average Bonchev–Trinajstić information content (AvgIpc) is 2.81. The summed E-state index contributed by atoms with van der Waals surface area (Å²) in [5, 5.41) is 3.37. The van der Waals surface area contributed by atoms with Crippen molar-refractivity contribution in [1.29, 1.82) is 0 Å². The fourth-order valence-corrected chi connectivity index (χ4v) is 2.36. The van der Waals surface area contributed by atoms with E-state index in [0.717, 1.165) is 36.0 Å². The molecule has 1 heterocycles. The largest absolute Gasteiger partial charge is 0.497 e. The highest BCUT2D eigenvalue weighted by Gasteiger charge is 2.18. The van der Waals surface area contributed by atoms with Crippen LogP contribution in [0.2, 0.25) is 0 Å². The van der Waals surface area contributed by atoms with E-state index in [9.17, 15) is 0 Å². The van der Waals surface area contributed by atoms with Gasteiger partial charge < -0.3 is 20.7 Å². The maximum atomic E-state index is 5.86. The Morgan fingerprint density at radius 3 is 3.00 bits per heavy atom. The topological polar surface area (TPSA) is 50.5 Å². The van der Waals surface area contributed by atoms with Gasteiger partial charge in [0.2, 0.25) is 0 Å². The van der Waals surface area contributed by atoms with E-state index in [4.69, 9.17) is 10.5 Å². The molecule has 0 aromatic heterocycles. The zero-order chi connectivity index (χ0) is 13.2. The third-order valence-corrected chi connectivity index (χ3v) is 3.33. The van der Waals surface area contributed by atoms with Gasteiger partial charge >= 0.3 is 0 Å². The molecule has 0 aliphatic carbocycles. The fraction of sp³-hybridized carbons (Fsp3) is 0.200. The van der Waals surface area contributed by atoms with Crippen molar-refractivity contribution in [3.8, 4) is 5.75 Å². The van der Waals surface area contributed by atoms with Crippen molar-refractivity contribution in [2.45, 2.75) is 6.54 Å². The zero-order valence-electron chi connectivity index (χ0n) is 10.9. The first-order valence-corrected chi connectivity index (χ1v) is 6.27. The lowest BCUT2D eigenvalue weighted by atomic mass is 10.2. The number of benzene rings is 2. The smallest absolute Gasteiger partial charge is 0.119 e. The molecular formula is C15H17N3O. The summed E-state index contributed by atoms with van der Waals surface area (Å²) >= 11 is 0. The summed E-state index contributed by atoms with van der Waals surface area (Å²) in [7, 11) is 1.69. The van der Waals surface area contributed by atoms with Crippen molar-refractivity contribution in [2.75, 3.05) is 29.7 Å². The highest BCUT2D eigenvalue weighted by molar-refractivity contribution is 5.78. The van der Waals surface area contributed by atoms with Crippen LogP contribution in [-0.4, -0.2) is 13.8 Å². The molecular weight excluding hydrogens is 238 g/mol. The van der Waals surface area contributed by atoms with Crippen LogP contribution in [0.3, 0.4) is 0 Å². The van der Waals surface area contributed by atoms with Crippen LogP contribution in [0.25, 0.3) is 0 Å². The van der Waals surface area contributed by atoms with Gasteiger partial charge in [-0.1, -0.05) is 12.1 Å². The van der Waals surface area contributed by atoms with Crippen LogP contribution in [-0.2, 0) is 6.54 Å². The van der Waals surface area contributed by atoms with Gasteiger partial charge in [0.1, 0.15) is 5.75 Å². The summed E-state index contributed by atoms with van der Waals surface area (Å²) in [6.45, 7) is 1.64. The van der Waals surface area contributed by atoms with E-state index in [1.54, 1.807) is 7.11 Å². The summed E-state index contributed by atoms with van der Waals surface area (Å²) in [4.78, 5) is 2.26. The van der Waals surface area contributed by atoms with E-state index in [1.807, 2.05) is 30.3 Å². The summed E-state index contributed by atoms with van der Waals surface area (Å²) in [5.74, 6) is 0.887. The molecule has 0 unspecified atom stereocenters. The number of hydrogen-bond donors (Lipinski definition) is 2. The van der Waals surface area contributed by atoms with E-state index >= 15 is 0 Å². The van der Waals surface area contributed by atoms with Crippen LogP contribution in [0, 0.1) is 0 Å². The van der Waals surface area contributed by atoms with Crippen molar-refractivity contribution < 1.29 is 4.74 Å². The van der Waals surface area contributed by atoms with Crippen LogP contribution in [0.4, 0.5) is 17.1 Å². The number of ether oxygens (including phenoxy) is 1. The number of anilines is 3. The minimum absolute atomic E-state index is 0.790. The van der Waals surface area contributed by atoms with Crippen molar-refractivity contribution in [1.82, 2.24) is 0 Å². The van der Waals surface area contributed by atoms with Crippen molar-refractivity contribution in [3.63, 3.8) is 0 Å². The molecule has 1 aliphatic rings. The Labute approximate surface area is 112 Å². The van der Waals surface area contributed by atoms with Gasteiger partial charge in [0, 0.05) is 12.2 Å². The van der Waals surface area contributed by atoms with E-state index < -0.39 is 0 Å². The molecule has 3 rings (SSSR count). The Bertz CT molecular complexity index is 598. The fourth-order valence-electron chi connectivity index (χ4n) is 2.36. The van der Waals surface area contributed by atoms with Gasteiger partial charge in [-0.05, 0) is 35.9 Å². The number of rotatable bonds is 3. The van der Waals surface area contributed by atoms with Crippen molar-refractivity contribution >= 4 is 17.1 Å². The molecule has 1 aliphatic heterocycles. The lowest BCUT2D eigenvalue weighted by molar-refractivity contribution is 0.414. The predicted molar refractivity (Wildman–Crippen MR) is 78.5 cm³/mol. The number of methoxy groups -OCH3 is 1. The summed E-state index contributed by atoms with van der Waals surface area (Å²) < 4.78 is 5.25. The molecule has 0 amide bonds. The Morgan fingerprint density at radius 2 is 2.16 bits per heavy atom. The van der Waals surface area contributed by atoms with Gasteiger partial charge in [-0.25, -0.2) is 0 Å². The molecule has 2 aromatic carbocycles. The first kappa shape index (κ1) is 11.7. The molecule has 4 heteroatoms. The van der Waals surface area contributed by atoms with E-state index in [1.165, 1.54) is 5.56 Å². The molecule has 0 atom stereocenters. The monoisotopic (exact) mass is 255 g/mol. The van der Waals surface area contributed by atoms with Crippen LogP contribution >= 0.6 is 0 Å². The minimum Gasteiger partial charge on any atom is -0.497 e. The summed E-state index contributed by atoms with van der Waals surface area (Å²) in [5.41, 5.74) is 10.2. The number of nitrogen functional groups attached to an aromatic ring is 1. The Hall–Kier alpha value is -2.36. The second-order valence-electron chi connectivity index (χ2n) is 4.66. The number of nitrogens with two attached hydrogens (primary N) is 1. The molecule has 0 bridgehead atoms.